The number of rotatable bonds is 5. The number of hydrogen-bond acceptors (Lipinski definition) is 5. The fraction of sp³-hybridized carbons (Fsp3) is 0.348. The molecule has 3 aromatic rings. The third kappa shape index (κ3) is 4.86. The van der Waals surface area contributed by atoms with Crippen LogP contribution in [-0.4, -0.2) is 59.3 Å². The number of aromatic nitrogens is 1. The normalized spacial score (nSPS) is 14.8. The van der Waals surface area contributed by atoms with Crippen LogP contribution in [0, 0.1) is 13.8 Å². The molecule has 0 aliphatic carbocycles. The summed E-state index contributed by atoms with van der Waals surface area (Å²) in [7, 11) is 0. The van der Waals surface area contributed by atoms with Crippen molar-refractivity contribution < 1.29 is 9.59 Å². The van der Waals surface area contributed by atoms with Crippen LogP contribution in [0.5, 0.6) is 0 Å². The van der Waals surface area contributed by atoms with E-state index in [9.17, 15) is 9.59 Å². The van der Waals surface area contributed by atoms with Crippen molar-refractivity contribution in [2.45, 2.75) is 20.4 Å². The van der Waals surface area contributed by atoms with E-state index in [-0.39, 0.29) is 18.4 Å². The highest BCUT2D eigenvalue weighted by Gasteiger charge is 2.22. The molecule has 156 valence electrons. The first-order chi connectivity index (χ1) is 14.5. The van der Waals surface area contributed by atoms with Crippen LogP contribution in [0.2, 0.25) is 0 Å². The van der Waals surface area contributed by atoms with E-state index in [1.54, 1.807) is 11.3 Å². The van der Waals surface area contributed by atoms with Crippen LogP contribution in [-0.2, 0) is 11.3 Å². The molecule has 4 rings (SSSR count). The van der Waals surface area contributed by atoms with E-state index >= 15 is 0 Å². The minimum atomic E-state index is -0.204. The summed E-state index contributed by atoms with van der Waals surface area (Å²) in [6.07, 6.45) is 0. The molecule has 30 heavy (non-hydrogen) atoms. The molecule has 2 heterocycles. The summed E-state index contributed by atoms with van der Waals surface area (Å²) < 4.78 is 1.21. The van der Waals surface area contributed by atoms with Crippen LogP contribution < -0.4 is 5.32 Å². The first-order valence-electron chi connectivity index (χ1n) is 10.2. The van der Waals surface area contributed by atoms with Crippen LogP contribution in [0.15, 0.2) is 42.5 Å². The minimum Gasteiger partial charge on any atom is -0.343 e. The fourth-order valence-electron chi connectivity index (χ4n) is 3.81. The molecular weight excluding hydrogens is 396 g/mol. The largest absolute Gasteiger partial charge is 0.343 e. The van der Waals surface area contributed by atoms with Crippen molar-refractivity contribution in [2.24, 2.45) is 0 Å². The average Bonchev–Trinajstić information content (AvgIpc) is 3.14. The topological polar surface area (TPSA) is 65.5 Å². The second-order valence-electron chi connectivity index (χ2n) is 7.79. The highest BCUT2D eigenvalue weighted by molar-refractivity contribution is 7.18. The highest BCUT2D eigenvalue weighted by Crippen LogP contribution is 2.23. The number of benzene rings is 2. The van der Waals surface area contributed by atoms with Crippen LogP contribution in [0.25, 0.3) is 10.2 Å². The van der Waals surface area contributed by atoms with E-state index in [0.29, 0.717) is 18.7 Å². The smallest absolute Gasteiger partial charge is 0.251 e. The van der Waals surface area contributed by atoms with Crippen molar-refractivity contribution in [3.8, 4) is 0 Å². The van der Waals surface area contributed by atoms with E-state index in [1.807, 2.05) is 55.1 Å². The maximum absolute atomic E-state index is 12.5. The summed E-state index contributed by atoms with van der Waals surface area (Å²) in [5.41, 5.74) is 3.72. The fourth-order valence-corrected chi connectivity index (χ4v) is 4.82. The summed E-state index contributed by atoms with van der Waals surface area (Å²) in [6, 6.07) is 13.9. The molecule has 0 unspecified atom stereocenters. The monoisotopic (exact) mass is 422 g/mol. The molecule has 1 N–H and O–H groups in total. The number of nitrogens with zero attached hydrogens (tertiary/aromatic N) is 3. The van der Waals surface area contributed by atoms with Gasteiger partial charge in [-0.3, -0.25) is 14.5 Å². The predicted octanol–water partition coefficient (Wildman–Crippen LogP) is 2.99. The number of para-hydroxylation sites is 1. The number of fused-ring (bicyclic) bond motifs is 1. The molecule has 1 aliphatic heterocycles. The lowest BCUT2D eigenvalue weighted by Crippen LogP contribution is -2.50. The SMILES string of the molecule is Cc1cc(C)cc(C(=O)NCC(=O)N2CCN(Cc3nc4ccccc4s3)CC2)c1. The number of thiazole rings is 1. The third-order valence-electron chi connectivity index (χ3n) is 5.31. The molecule has 0 bridgehead atoms. The van der Waals surface area contributed by atoms with Gasteiger partial charge in [0, 0.05) is 31.7 Å². The number of piperazine rings is 1. The lowest BCUT2D eigenvalue weighted by atomic mass is 10.1. The number of hydrogen-bond donors (Lipinski definition) is 1. The highest BCUT2D eigenvalue weighted by atomic mass is 32.1. The van der Waals surface area contributed by atoms with Gasteiger partial charge in [-0.25, -0.2) is 4.98 Å². The molecule has 7 heteroatoms. The van der Waals surface area contributed by atoms with E-state index < -0.39 is 0 Å². The summed E-state index contributed by atoms with van der Waals surface area (Å²) >= 11 is 1.73. The van der Waals surface area contributed by atoms with Crippen LogP contribution in [0.3, 0.4) is 0 Å². The molecule has 6 nitrogen and oxygen atoms in total. The zero-order chi connectivity index (χ0) is 21.1. The Hall–Kier alpha value is -2.77. The summed E-state index contributed by atoms with van der Waals surface area (Å²) in [4.78, 5) is 33.8. The molecule has 1 fully saturated rings. The molecule has 0 spiro atoms. The van der Waals surface area contributed by atoms with Crippen molar-refractivity contribution in [1.29, 1.82) is 0 Å². The molecule has 1 aromatic heterocycles. The van der Waals surface area contributed by atoms with Gasteiger partial charge in [-0.1, -0.05) is 29.3 Å². The summed E-state index contributed by atoms with van der Waals surface area (Å²) in [5.74, 6) is -0.239. The first kappa shape index (κ1) is 20.5. The second-order valence-corrected chi connectivity index (χ2v) is 8.91. The Balaban J connectivity index is 1.25. The standard InChI is InChI=1S/C23H26N4O2S/c1-16-11-17(2)13-18(12-16)23(29)24-14-22(28)27-9-7-26(8-10-27)15-21-25-19-5-3-4-6-20(19)30-21/h3-6,11-13H,7-10,14-15H2,1-2H3,(H,24,29). The molecule has 0 atom stereocenters. The number of amides is 2. The quantitative estimate of drug-likeness (QED) is 0.687. The van der Waals surface area contributed by atoms with Crippen molar-refractivity contribution in [3.05, 3.63) is 64.2 Å². The van der Waals surface area contributed by atoms with E-state index in [1.165, 1.54) is 4.70 Å². The second kappa shape index (κ2) is 8.93. The van der Waals surface area contributed by atoms with Gasteiger partial charge in [0.1, 0.15) is 5.01 Å². The zero-order valence-electron chi connectivity index (χ0n) is 17.4. The lowest BCUT2D eigenvalue weighted by Gasteiger charge is -2.34. The Morgan fingerprint density at radius 2 is 1.73 bits per heavy atom. The van der Waals surface area contributed by atoms with Crippen molar-refractivity contribution in [1.82, 2.24) is 20.1 Å². The van der Waals surface area contributed by atoms with Crippen LogP contribution >= 0.6 is 11.3 Å². The number of nitrogens with one attached hydrogen (secondary N) is 1. The number of carbonyl (C=O) groups is 2. The van der Waals surface area contributed by atoms with Gasteiger partial charge in [0.15, 0.2) is 0 Å². The van der Waals surface area contributed by atoms with E-state index in [4.69, 9.17) is 4.98 Å². The lowest BCUT2D eigenvalue weighted by molar-refractivity contribution is -0.131. The predicted molar refractivity (Wildman–Crippen MR) is 120 cm³/mol. The molecular formula is C23H26N4O2S. The van der Waals surface area contributed by atoms with Gasteiger partial charge in [-0.05, 0) is 38.1 Å². The summed E-state index contributed by atoms with van der Waals surface area (Å²) in [5, 5.41) is 3.87. The zero-order valence-corrected chi connectivity index (χ0v) is 18.2. The molecule has 0 saturated carbocycles. The Morgan fingerprint density at radius 3 is 2.43 bits per heavy atom. The van der Waals surface area contributed by atoms with Crippen molar-refractivity contribution in [3.63, 3.8) is 0 Å². The Kier molecular flexibility index (Phi) is 6.11. The van der Waals surface area contributed by atoms with E-state index in [2.05, 4.69) is 16.3 Å². The summed E-state index contributed by atoms with van der Waals surface area (Å²) in [6.45, 7) is 7.73. The van der Waals surface area contributed by atoms with E-state index in [0.717, 1.165) is 41.3 Å². The molecule has 2 aromatic carbocycles. The van der Waals surface area contributed by atoms with Crippen LogP contribution in [0.4, 0.5) is 0 Å². The number of carbonyl (C=O) groups excluding carboxylic acids is 2. The maximum Gasteiger partial charge on any atom is 0.251 e. The average molecular weight is 423 g/mol. The van der Waals surface area contributed by atoms with Gasteiger partial charge in [0.2, 0.25) is 5.91 Å². The third-order valence-corrected chi connectivity index (χ3v) is 6.33. The molecule has 1 aliphatic rings. The molecule has 2 amide bonds. The van der Waals surface area contributed by atoms with Crippen LogP contribution in [0.1, 0.15) is 26.5 Å². The van der Waals surface area contributed by atoms with Gasteiger partial charge in [0.05, 0.1) is 23.3 Å². The van der Waals surface area contributed by atoms with Gasteiger partial charge < -0.3 is 10.2 Å². The van der Waals surface area contributed by atoms with Gasteiger partial charge >= 0.3 is 0 Å². The Bertz CT molecular complexity index is 1020. The number of aryl methyl sites for hydroxylation is 2. The molecule has 0 radical (unpaired) electrons. The van der Waals surface area contributed by atoms with Crippen molar-refractivity contribution >= 4 is 33.4 Å². The van der Waals surface area contributed by atoms with Gasteiger partial charge in [-0.15, -0.1) is 11.3 Å². The Morgan fingerprint density at radius 1 is 1.03 bits per heavy atom. The first-order valence-corrected chi connectivity index (χ1v) is 11.0. The van der Waals surface area contributed by atoms with Gasteiger partial charge in [0.25, 0.3) is 5.91 Å². The minimum absolute atomic E-state index is 0.0314. The van der Waals surface area contributed by atoms with Gasteiger partial charge in [-0.2, -0.15) is 0 Å². The maximum atomic E-state index is 12.5. The Labute approximate surface area is 180 Å². The van der Waals surface area contributed by atoms with Crippen molar-refractivity contribution in [2.75, 3.05) is 32.7 Å². The molecule has 1 saturated heterocycles.